The van der Waals surface area contributed by atoms with E-state index in [1.807, 2.05) is 30.3 Å². The highest BCUT2D eigenvalue weighted by atomic mass is 16.1. The van der Waals surface area contributed by atoms with Gasteiger partial charge < -0.3 is 4.79 Å². The Morgan fingerprint density at radius 3 is 1.38 bits per heavy atom. The van der Waals surface area contributed by atoms with Crippen LogP contribution in [0.4, 0.5) is 0 Å². The number of carbonyl (C=O) groups excluding carboxylic acids is 2. The van der Waals surface area contributed by atoms with Crippen LogP contribution >= 0.6 is 0 Å². The van der Waals surface area contributed by atoms with E-state index in [1.165, 1.54) is 70.6 Å². The molecule has 0 bridgehead atoms. The minimum absolute atomic E-state index is 0.284. The molecule has 0 fully saturated rings. The molecule has 0 aliphatic carbocycles. The van der Waals surface area contributed by atoms with Crippen LogP contribution in [-0.4, -0.2) is 11.6 Å². The highest BCUT2D eigenvalue weighted by Gasteiger charge is 2.04. The Balaban J connectivity index is 1.78. The van der Waals surface area contributed by atoms with E-state index in [-0.39, 0.29) is 5.78 Å². The predicted octanol–water partition coefficient (Wildman–Crippen LogP) is 7.31. The topological polar surface area (TPSA) is 34.1 Å². The van der Waals surface area contributed by atoms with Gasteiger partial charge in [0.05, 0.1) is 0 Å². The molecule has 0 radical (unpaired) electrons. The summed E-state index contributed by atoms with van der Waals surface area (Å²) in [5, 5.41) is 0. The lowest BCUT2D eigenvalue weighted by molar-refractivity contribution is -0.117. The average molecular weight is 359 g/mol. The highest BCUT2D eigenvalue weighted by Crippen LogP contribution is 2.14. The lowest BCUT2D eigenvalue weighted by Crippen LogP contribution is -1.98. The second kappa shape index (κ2) is 15.8. The van der Waals surface area contributed by atoms with Crippen LogP contribution in [-0.2, 0) is 4.79 Å². The van der Waals surface area contributed by atoms with Crippen molar-refractivity contribution in [2.24, 2.45) is 0 Å². The summed E-state index contributed by atoms with van der Waals surface area (Å²) in [5.74, 6) is 0.611. The summed E-state index contributed by atoms with van der Waals surface area (Å²) in [6, 6.07) is 9.64. The normalized spacial score (nSPS) is 10.8. The summed E-state index contributed by atoms with van der Waals surface area (Å²) in [6.45, 7) is 1.68. The first-order valence-electron chi connectivity index (χ1n) is 10.8. The number of carbonyl (C=O) groups is 2. The Labute approximate surface area is 160 Å². The van der Waals surface area contributed by atoms with Crippen LogP contribution in [0.15, 0.2) is 30.3 Å². The zero-order valence-electron chi connectivity index (χ0n) is 16.8. The second-order valence-corrected chi connectivity index (χ2v) is 7.59. The van der Waals surface area contributed by atoms with E-state index in [2.05, 4.69) is 0 Å². The SMILES string of the molecule is CC(=O)CCCCCCCCCCCCCCCC(=O)c1ccccc1. The van der Waals surface area contributed by atoms with Crippen molar-refractivity contribution in [3.05, 3.63) is 35.9 Å². The molecule has 0 heterocycles. The van der Waals surface area contributed by atoms with E-state index < -0.39 is 0 Å². The molecular weight excluding hydrogens is 320 g/mol. The van der Waals surface area contributed by atoms with Gasteiger partial charge in [-0.05, 0) is 19.8 Å². The third kappa shape index (κ3) is 12.9. The molecule has 1 rings (SSSR count). The molecule has 146 valence electrons. The quantitative estimate of drug-likeness (QED) is 0.216. The van der Waals surface area contributed by atoms with Gasteiger partial charge in [-0.25, -0.2) is 0 Å². The number of hydrogen-bond donors (Lipinski definition) is 0. The minimum atomic E-state index is 0.284. The van der Waals surface area contributed by atoms with Gasteiger partial charge in [-0.3, -0.25) is 4.79 Å². The molecule has 0 saturated heterocycles. The van der Waals surface area contributed by atoms with Crippen molar-refractivity contribution in [3.63, 3.8) is 0 Å². The van der Waals surface area contributed by atoms with Crippen LogP contribution in [0.1, 0.15) is 114 Å². The van der Waals surface area contributed by atoms with Crippen LogP contribution < -0.4 is 0 Å². The maximum Gasteiger partial charge on any atom is 0.162 e. The molecule has 0 atom stereocenters. The van der Waals surface area contributed by atoms with Crippen molar-refractivity contribution in [1.29, 1.82) is 0 Å². The smallest absolute Gasteiger partial charge is 0.162 e. The predicted molar refractivity (Wildman–Crippen MR) is 111 cm³/mol. The van der Waals surface area contributed by atoms with Gasteiger partial charge in [0.2, 0.25) is 0 Å². The fraction of sp³-hybridized carbons (Fsp3) is 0.667. The first-order chi connectivity index (χ1) is 12.7. The summed E-state index contributed by atoms with van der Waals surface area (Å²) in [4.78, 5) is 22.8. The molecule has 0 aliphatic rings. The first kappa shape index (κ1) is 22.6. The summed E-state index contributed by atoms with van der Waals surface area (Å²) >= 11 is 0. The summed E-state index contributed by atoms with van der Waals surface area (Å²) < 4.78 is 0. The molecule has 1 aromatic carbocycles. The standard InChI is InChI=1S/C24H38O2/c1-22(25)18-14-11-9-7-5-3-2-4-6-8-10-12-17-21-24(26)23-19-15-13-16-20-23/h13,15-16,19-20H,2-12,14,17-18,21H2,1H3. The maximum absolute atomic E-state index is 12.0. The fourth-order valence-corrected chi connectivity index (χ4v) is 3.37. The third-order valence-corrected chi connectivity index (χ3v) is 5.03. The number of unbranched alkanes of at least 4 members (excludes halogenated alkanes) is 12. The lowest BCUT2D eigenvalue weighted by atomic mass is 10.0. The Bertz CT molecular complexity index is 478. The van der Waals surface area contributed by atoms with Crippen molar-refractivity contribution in [1.82, 2.24) is 0 Å². The minimum Gasteiger partial charge on any atom is -0.300 e. The monoisotopic (exact) mass is 358 g/mol. The number of Topliss-reactive ketones (excluding diaryl/α,β-unsaturated/α-hetero) is 2. The van der Waals surface area contributed by atoms with Gasteiger partial charge >= 0.3 is 0 Å². The number of ketones is 2. The number of benzene rings is 1. The number of hydrogen-bond acceptors (Lipinski definition) is 2. The summed E-state index contributed by atoms with van der Waals surface area (Å²) in [7, 11) is 0. The van der Waals surface area contributed by atoms with Crippen LogP contribution in [0.3, 0.4) is 0 Å². The van der Waals surface area contributed by atoms with Gasteiger partial charge in [-0.2, -0.15) is 0 Å². The molecule has 0 amide bonds. The highest BCUT2D eigenvalue weighted by molar-refractivity contribution is 5.95. The van der Waals surface area contributed by atoms with Crippen molar-refractivity contribution in [2.75, 3.05) is 0 Å². The van der Waals surface area contributed by atoms with E-state index in [9.17, 15) is 9.59 Å². The van der Waals surface area contributed by atoms with Crippen LogP contribution in [0, 0.1) is 0 Å². The Kier molecular flexibility index (Phi) is 13.7. The van der Waals surface area contributed by atoms with E-state index >= 15 is 0 Å². The van der Waals surface area contributed by atoms with E-state index in [0.717, 1.165) is 24.8 Å². The zero-order valence-corrected chi connectivity index (χ0v) is 16.8. The van der Waals surface area contributed by atoms with Gasteiger partial charge in [-0.15, -0.1) is 0 Å². The largest absolute Gasteiger partial charge is 0.300 e. The molecular formula is C24H38O2. The van der Waals surface area contributed by atoms with Crippen LogP contribution in [0.5, 0.6) is 0 Å². The molecule has 0 N–H and O–H groups in total. The lowest BCUT2D eigenvalue weighted by Gasteiger charge is -2.03. The van der Waals surface area contributed by atoms with Gasteiger partial charge in [0.25, 0.3) is 0 Å². The summed E-state index contributed by atoms with van der Waals surface area (Å²) in [5.41, 5.74) is 0.853. The third-order valence-electron chi connectivity index (χ3n) is 5.03. The van der Waals surface area contributed by atoms with E-state index in [4.69, 9.17) is 0 Å². The maximum atomic E-state index is 12.0. The molecule has 0 saturated carbocycles. The molecule has 0 unspecified atom stereocenters. The van der Waals surface area contributed by atoms with Crippen molar-refractivity contribution in [3.8, 4) is 0 Å². The molecule has 0 aromatic heterocycles. The van der Waals surface area contributed by atoms with Crippen LogP contribution in [0.25, 0.3) is 0 Å². The van der Waals surface area contributed by atoms with Gasteiger partial charge in [-0.1, -0.05) is 101 Å². The van der Waals surface area contributed by atoms with E-state index in [1.54, 1.807) is 6.92 Å². The molecule has 0 spiro atoms. The van der Waals surface area contributed by atoms with Crippen LogP contribution in [0.2, 0.25) is 0 Å². The Morgan fingerprint density at radius 2 is 0.962 bits per heavy atom. The van der Waals surface area contributed by atoms with Crippen molar-refractivity contribution < 1.29 is 9.59 Å². The number of rotatable bonds is 17. The molecule has 1 aromatic rings. The molecule has 0 aliphatic heterocycles. The van der Waals surface area contributed by atoms with E-state index in [0.29, 0.717) is 12.2 Å². The summed E-state index contributed by atoms with van der Waals surface area (Å²) in [6.07, 6.45) is 17.9. The van der Waals surface area contributed by atoms with Gasteiger partial charge in [0, 0.05) is 18.4 Å². The average Bonchev–Trinajstić information content (AvgIpc) is 2.65. The van der Waals surface area contributed by atoms with Gasteiger partial charge in [0.15, 0.2) is 5.78 Å². The van der Waals surface area contributed by atoms with Gasteiger partial charge in [0.1, 0.15) is 5.78 Å². The van der Waals surface area contributed by atoms with Crippen molar-refractivity contribution in [2.45, 2.75) is 103 Å². The fourth-order valence-electron chi connectivity index (χ4n) is 3.37. The Morgan fingerprint density at radius 1 is 0.577 bits per heavy atom. The zero-order chi connectivity index (χ0) is 18.9. The first-order valence-corrected chi connectivity index (χ1v) is 10.8. The van der Waals surface area contributed by atoms with Crippen molar-refractivity contribution >= 4 is 11.6 Å². The molecule has 2 heteroatoms. The Hall–Kier alpha value is -1.44. The second-order valence-electron chi connectivity index (χ2n) is 7.59. The molecule has 26 heavy (non-hydrogen) atoms. The molecule has 2 nitrogen and oxygen atoms in total.